The lowest BCUT2D eigenvalue weighted by atomic mass is 10.1. The molecule has 2 rings (SSSR count). The molecule has 3 heteroatoms. The van der Waals surface area contributed by atoms with Crippen LogP contribution in [0.25, 0.3) is 0 Å². The fourth-order valence-corrected chi connectivity index (χ4v) is 2.14. The van der Waals surface area contributed by atoms with Crippen molar-refractivity contribution in [1.82, 2.24) is 5.32 Å². The SMILES string of the molecule is CNCc1ccc(Oc2ccccc2Br)cc1C. The van der Waals surface area contributed by atoms with Crippen LogP contribution in [0.4, 0.5) is 0 Å². The summed E-state index contributed by atoms with van der Waals surface area (Å²) in [4.78, 5) is 0. The van der Waals surface area contributed by atoms with Crippen molar-refractivity contribution in [3.05, 3.63) is 58.1 Å². The normalized spacial score (nSPS) is 10.4. The summed E-state index contributed by atoms with van der Waals surface area (Å²) in [6, 6.07) is 14.0. The maximum Gasteiger partial charge on any atom is 0.141 e. The Morgan fingerprint density at radius 1 is 1.17 bits per heavy atom. The van der Waals surface area contributed by atoms with Gasteiger partial charge in [-0.05, 0) is 65.3 Å². The predicted molar refractivity (Wildman–Crippen MR) is 78.2 cm³/mol. The maximum atomic E-state index is 5.86. The Morgan fingerprint density at radius 3 is 2.61 bits per heavy atom. The molecule has 2 nitrogen and oxygen atoms in total. The molecule has 94 valence electrons. The molecule has 2 aromatic carbocycles. The lowest BCUT2D eigenvalue weighted by Crippen LogP contribution is -2.06. The average molecular weight is 306 g/mol. The fourth-order valence-electron chi connectivity index (χ4n) is 1.78. The van der Waals surface area contributed by atoms with Crippen LogP contribution in [0.2, 0.25) is 0 Å². The highest BCUT2D eigenvalue weighted by Crippen LogP contribution is 2.30. The maximum absolute atomic E-state index is 5.86. The van der Waals surface area contributed by atoms with Gasteiger partial charge in [-0.1, -0.05) is 18.2 Å². The lowest BCUT2D eigenvalue weighted by Gasteiger charge is -2.10. The molecule has 0 spiro atoms. The van der Waals surface area contributed by atoms with E-state index in [9.17, 15) is 0 Å². The molecule has 0 aliphatic heterocycles. The first-order chi connectivity index (χ1) is 8.70. The zero-order chi connectivity index (χ0) is 13.0. The first-order valence-electron chi connectivity index (χ1n) is 5.87. The Labute approximate surface area is 116 Å². The van der Waals surface area contributed by atoms with Gasteiger partial charge in [-0.3, -0.25) is 0 Å². The summed E-state index contributed by atoms with van der Waals surface area (Å²) in [7, 11) is 1.95. The molecular weight excluding hydrogens is 290 g/mol. The Bertz CT molecular complexity index is 540. The van der Waals surface area contributed by atoms with Gasteiger partial charge in [0.25, 0.3) is 0 Å². The average Bonchev–Trinajstić information content (AvgIpc) is 2.36. The van der Waals surface area contributed by atoms with Crippen molar-refractivity contribution in [1.29, 1.82) is 0 Å². The topological polar surface area (TPSA) is 21.3 Å². The van der Waals surface area contributed by atoms with Gasteiger partial charge < -0.3 is 10.1 Å². The van der Waals surface area contributed by atoms with Gasteiger partial charge in [-0.15, -0.1) is 0 Å². The molecule has 0 saturated heterocycles. The number of hydrogen-bond acceptors (Lipinski definition) is 2. The van der Waals surface area contributed by atoms with Crippen LogP contribution in [0.3, 0.4) is 0 Å². The van der Waals surface area contributed by atoms with Crippen molar-refractivity contribution in [3.8, 4) is 11.5 Å². The molecule has 0 heterocycles. The van der Waals surface area contributed by atoms with E-state index in [-0.39, 0.29) is 0 Å². The molecule has 0 radical (unpaired) electrons. The van der Waals surface area contributed by atoms with Crippen molar-refractivity contribution in [3.63, 3.8) is 0 Å². The molecule has 2 aromatic rings. The Kier molecular flexibility index (Phi) is 4.39. The fraction of sp³-hybridized carbons (Fsp3) is 0.200. The van der Waals surface area contributed by atoms with Gasteiger partial charge in [0.15, 0.2) is 0 Å². The molecule has 0 saturated carbocycles. The standard InChI is InChI=1S/C15H16BrNO/c1-11-9-13(8-7-12(11)10-17-2)18-15-6-4-3-5-14(15)16/h3-9,17H,10H2,1-2H3. The van der Waals surface area contributed by atoms with Crippen LogP contribution in [-0.2, 0) is 6.54 Å². The summed E-state index contributed by atoms with van der Waals surface area (Å²) in [5, 5.41) is 3.15. The summed E-state index contributed by atoms with van der Waals surface area (Å²) in [6.45, 7) is 2.97. The van der Waals surface area contributed by atoms with E-state index in [0.29, 0.717) is 0 Å². The van der Waals surface area contributed by atoms with Crippen LogP contribution in [0, 0.1) is 6.92 Å². The molecule has 0 fully saturated rings. The highest BCUT2D eigenvalue weighted by atomic mass is 79.9. The Morgan fingerprint density at radius 2 is 1.94 bits per heavy atom. The Balaban J connectivity index is 2.20. The number of halogens is 1. The van der Waals surface area contributed by atoms with Crippen LogP contribution in [-0.4, -0.2) is 7.05 Å². The third-order valence-electron chi connectivity index (χ3n) is 2.75. The van der Waals surface area contributed by atoms with Crippen LogP contribution in [0.1, 0.15) is 11.1 Å². The van der Waals surface area contributed by atoms with E-state index in [1.807, 2.05) is 37.4 Å². The van der Waals surface area contributed by atoms with Crippen LogP contribution in [0.5, 0.6) is 11.5 Å². The van der Waals surface area contributed by atoms with Gasteiger partial charge in [-0.2, -0.15) is 0 Å². The van der Waals surface area contributed by atoms with E-state index in [1.165, 1.54) is 11.1 Å². The van der Waals surface area contributed by atoms with Crippen molar-refractivity contribution in [2.75, 3.05) is 7.05 Å². The number of rotatable bonds is 4. The van der Waals surface area contributed by atoms with Crippen molar-refractivity contribution in [2.24, 2.45) is 0 Å². The highest BCUT2D eigenvalue weighted by Gasteiger charge is 2.04. The number of benzene rings is 2. The molecule has 0 atom stereocenters. The number of para-hydroxylation sites is 1. The Hall–Kier alpha value is -1.32. The molecular formula is C15H16BrNO. The molecule has 18 heavy (non-hydrogen) atoms. The zero-order valence-corrected chi connectivity index (χ0v) is 12.1. The molecule has 0 aliphatic rings. The monoisotopic (exact) mass is 305 g/mol. The summed E-state index contributed by atoms with van der Waals surface area (Å²) in [5.74, 6) is 1.69. The minimum Gasteiger partial charge on any atom is -0.456 e. The predicted octanol–water partition coefficient (Wildman–Crippen LogP) is 4.27. The largest absolute Gasteiger partial charge is 0.456 e. The van der Waals surface area contributed by atoms with E-state index < -0.39 is 0 Å². The van der Waals surface area contributed by atoms with E-state index >= 15 is 0 Å². The third kappa shape index (κ3) is 3.12. The minimum absolute atomic E-state index is 0.832. The summed E-state index contributed by atoms with van der Waals surface area (Å²) >= 11 is 3.48. The molecule has 0 aromatic heterocycles. The molecule has 0 amide bonds. The molecule has 0 bridgehead atoms. The van der Waals surface area contributed by atoms with Crippen molar-refractivity contribution in [2.45, 2.75) is 13.5 Å². The van der Waals surface area contributed by atoms with Crippen LogP contribution >= 0.6 is 15.9 Å². The van der Waals surface area contributed by atoms with E-state index in [2.05, 4.69) is 40.3 Å². The van der Waals surface area contributed by atoms with E-state index in [0.717, 1.165) is 22.5 Å². The lowest BCUT2D eigenvalue weighted by molar-refractivity contribution is 0.479. The minimum atomic E-state index is 0.832. The van der Waals surface area contributed by atoms with Gasteiger partial charge >= 0.3 is 0 Å². The zero-order valence-electron chi connectivity index (χ0n) is 10.5. The van der Waals surface area contributed by atoms with Gasteiger partial charge in [0.05, 0.1) is 4.47 Å². The van der Waals surface area contributed by atoms with E-state index in [4.69, 9.17) is 4.74 Å². The summed E-state index contributed by atoms with van der Waals surface area (Å²) in [6.07, 6.45) is 0. The van der Waals surface area contributed by atoms with Gasteiger partial charge in [0.1, 0.15) is 11.5 Å². The van der Waals surface area contributed by atoms with Gasteiger partial charge in [0.2, 0.25) is 0 Å². The summed E-state index contributed by atoms with van der Waals surface area (Å²) < 4.78 is 6.82. The molecule has 0 aliphatic carbocycles. The van der Waals surface area contributed by atoms with Gasteiger partial charge in [0, 0.05) is 6.54 Å². The van der Waals surface area contributed by atoms with Crippen LogP contribution < -0.4 is 10.1 Å². The number of ether oxygens (including phenoxy) is 1. The first kappa shape index (κ1) is 13.1. The second-order valence-electron chi connectivity index (χ2n) is 4.15. The second-order valence-corrected chi connectivity index (χ2v) is 5.01. The molecule has 0 unspecified atom stereocenters. The van der Waals surface area contributed by atoms with Crippen molar-refractivity contribution >= 4 is 15.9 Å². The number of aryl methyl sites for hydroxylation is 1. The van der Waals surface area contributed by atoms with Crippen molar-refractivity contribution < 1.29 is 4.74 Å². The summed E-state index contributed by atoms with van der Waals surface area (Å²) in [5.41, 5.74) is 2.52. The molecule has 1 N–H and O–H groups in total. The second kappa shape index (κ2) is 6.03. The quantitative estimate of drug-likeness (QED) is 0.911. The number of nitrogens with one attached hydrogen (secondary N) is 1. The highest BCUT2D eigenvalue weighted by molar-refractivity contribution is 9.10. The smallest absolute Gasteiger partial charge is 0.141 e. The number of hydrogen-bond donors (Lipinski definition) is 1. The van der Waals surface area contributed by atoms with E-state index in [1.54, 1.807) is 0 Å². The first-order valence-corrected chi connectivity index (χ1v) is 6.66. The van der Waals surface area contributed by atoms with Crippen LogP contribution in [0.15, 0.2) is 46.9 Å². The van der Waals surface area contributed by atoms with Gasteiger partial charge in [-0.25, -0.2) is 0 Å². The third-order valence-corrected chi connectivity index (χ3v) is 3.40.